The van der Waals surface area contributed by atoms with E-state index in [4.69, 9.17) is 9.15 Å². The van der Waals surface area contributed by atoms with E-state index >= 15 is 0 Å². The van der Waals surface area contributed by atoms with Crippen LogP contribution in [0.3, 0.4) is 0 Å². The number of sulfonamides is 1. The number of aliphatic carboxylic acids is 1. The van der Waals surface area contributed by atoms with E-state index in [1.807, 2.05) is 113 Å². The SMILES string of the molecule is CCN(CC)c1ccc2c(-c3ccc(S(=O)(=O)O)cc3S(=O)(=O)NCCCCC(NC(=O)OCC3c4ccccc4-c4ccccc43)C(=O)O)c3ccc(=[N+](CC)CC)cc-3oc2c1. The number of nitrogens with one attached hydrogen (secondary N) is 2. The maximum absolute atomic E-state index is 14.3. The van der Waals surface area contributed by atoms with Crippen molar-refractivity contribution >= 4 is 48.9 Å². The number of fused-ring (bicyclic) bond motifs is 5. The van der Waals surface area contributed by atoms with Gasteiger partial charge in [-0.05, 0) is 99.5 Å². The van der Waals surface area contributed by atoms with Gasteiger partial charge in [-0.15, -0.1) is 0 Å². The lowest BCUT2D eigenvalue weighted by Gasteiger charge is -2.23. The molecule has 2 aliphatic carbocycles. The minimum absolute atomic E-state index is 0.00674. The van der Waals surface area contributed by atoms with Gasteiger partial charge in [-0.2, -0.15) is 8.42 Å². The van der Waals surface area contributed by atoms with Crippen LogP contribution in [0.15, 0.2) is 117 Å². The van der Waals surface area contributed by atoms with E-state index in [9.17, 15) is 36.1 Å². The number of carbonyl (C=O) groups excluding carboxylic acids is 1. The van der Waals surface area contributed by atoms with Crippen LogP contribution >= 0.6 is 0 Å². The zero-order valence-electron chi connectivity index (χ0n) is 36.2. The van der Waals surface area contributed by atoms with Crippen LogP contribution in [0.2, 0.25) is 0 Å². The average Bonchev–Trinajstić information content (AvgIpc) is 3.60. The van der Waals surface area contributed by atoms with E-state index in [0.717, 1.165) is 71.6 Å². The second-order valence-corrected chi connectivity index (χ2v) is 18.7. The minimum Gasteiger partial charge on any atom is -0.480 e. The van der Waals surface area contributed by atoms with Crippen LogP contribution in [0, 0.1) is 0 Å². The number of carboxylic acids is 1. The first-order valence-electron chi connectivity index (χ1n) is 21.5. The van der Waals surface area contributed by atoms with Gasteiger partial charge in [0.2, 0.25) is 15.4 Å². The van der Waals surface area contributed by atoms with Crippen LogP contribution in [0.25, 0.3) is 44.5 Å². The van der Waals surface area contributed by atoms with Crippen LogP contribution < -0.4 is 24.9 Å². The molecule has 336 valence electrons. The zero-order valence-corrected chi connectivity index (χ0v) is 37.8. The van der Waals surface area contributed by atoms with E-state index < -0.39 is 48.0 Å². The first-order chi connectivity index (χ1) is 30.7. The topological polar surface area (TPSA) is 196 Å². The molecule has 1 heterocycles. The summed E-state index contributed by atoms with van der Waals surface area (Å²) in [5.74, 6) is -1.00. The second-order valence-electron chi connectivity index (χ2n) is 15.6. The van der Waals surface area contributed by atoms with Gasteiger partial charge < -0.3 is 24.5 Å². The zero-order chi connectivity index (χ0) is 45.8. The number of alkyl carbamates (subject to hydrolysis) is 1. The Kier molecular flexibility index (Phi) is 13.9. The van der Waals surface area contributed by atoms with Crippen molar-refractivity contribution in [2.45, 2.75) is 68.7 Å². The van der Waals surface area contributed by atoms with Crippen LogP contribution in [0.5, 0.6) is 0 Å². The summed E-state index contributed by atoms with van der Waals surface area (Å²) in [5, 5.41) is 13.9. The van der Waals surface area contributed by atoms with Crippen molar-refractivity contribution in [2.75, 3.05) is 44.2 Å². The van der Waals surface area contributed by atoms with Gasteiger partial charge in [0.15, 0.2) is 0 Å². The largest absolute Gasteiger partial charge is 0.480 e. The number of benzene rings is 5. The molecule has 14 nitrogen and oxygen atoms in total. The summed E-state index contributed by atoms with van der Waals surface area (Å²) in [7, 11) is -9.32. The Morgan fingerprint density at radius 1 is 0.797 bits per heavy atom. The van der Waals surface area contributed by atoms with Gasteiger partial charge in [-0.1, -0.05) is 54.6 Å². The third kappa shape index (κ3) is 9.55. The standard InChI is InChI=1S/C48H52N4O10S2/c1-5-51(6-2)31-20-23-38-43(27-31)62-44-28-32(52(7-3)8-4)21-24-39(44)46(38)40-25-22-33(64(58,59)60)29-45(40)63(56,57)49-26-14-13-19-42(47(53)54)50-48(55)61-30-41-36-17-11-9-15-34(36)35-16-10-12-18-37(35)41/h9-12,15-18,20-25,27-29,41-42,49H,5-8,13-14,19,26,30H2,1-4H3,(H2-,50,53,54,55,58,59,60)/p+1. The first-order valence-corrected chi connectivity index (χ1v) is 24.4. The van der Waals surface area contributed by atoms with Crippen LogP contribution in [0.1, 0.15) is 64.0 Å². The van der Waals surface area contributed by atoms with Gasteiger partial charge in [-0.25, -0.2) is 27.3 Å². The molecular formula is C48H53N4O10S2+. The maximum Gasteiger partial charge on any atom is 0.407 e. The van der Waals surface area contributed by atoms with Crippen molar-refractivity contribution in [1.82, 2.24) is 14.6 Å². The van der Waals surface area contributed by atoms with Crippen molar-refractivity contribution in [1.29, 1.82) is 0 Å². The summed E-state index contributed by atoms with van der Waals surface area (Å²) in [6.45, 7) is 11.0. The van der Waals surface area contributed by atoms with Crippen LogP contribution in [-0.4, -0.2) is 83.9 Å². The van der Waals surface area contributed by atoms with Gasteiger partial charge in [0.25, 0.3) is 10.1 Å². The fraction of sp³-hybridized carbons (Fsp3) is 0.312. The molecule has 4 aromatic carbocycles. The highest BCUT2D eigenvalue weighted by Crippen LogP contribution is 2.45. The summed E-state index contributed by atoms with van der Waals surface area (Å²) in [4.78, 5) is 26.3. The highest BCUT2D eigenvalue weighted by atomic mass is 32.2. The Hall–Kier alpha value is -6.07. The lowest BCUT2D eigenvalue weighted by atomic mass is 9.93. The Balaban J connectivity index is 1.12. The van der Waals surface area contributed by atoms with Gasteiger partial charge in [0.1, 0.15) is 37.1 Å². The maximum atomic E-state index is 14.3. The number of ether oxygens (including phenoxy) is 1. The Morgan fingerprint density at radius 3 is 2.08 bits per heavy atom. The van der Waals surface area contributed by atoms with Gasteiger partial charge in [0.05, 0.1) is 15.9 Å². The molecule has 7 rings (SSSR count). The average molecular weight is 910 g/mol. The monoisotopic (exact) mass is 909 g/mol. The number of carboxylic acid groups (broad SMARTS) is 1. The molecule has 0 bridgehead atoms. The summed E-state index contributed by atoms with van der Waals surface area (Å²) < 4.78 is 80.4. The number of anilines is 1. The molecule has 0 fully saturated rings. The third-order valence-electron chi connectivity index (χ3n) is 11.9. The normalized spacial score (nSPS) is 13.1. The molecule has 0 spiro atoms. The molecule has 0 saturated heterocycles. The predicted molar refractivity (Wildman–Crippen MR) is 247 cm³/mol. The number of hydrogen-bond acceptors (Lipinski definition) is 9. The lowest BCUT2D eigenvalue weighted by molar-refractivity contribution is -0.139. The van der Waals surface area contributed by atoms with Crippen molar-refractivity contribution in [3.05, 3.63) is 120 Å². The highest BCUT2D eigenvalue weighted by molar-refractivity contribution is 7.89. The van der Waals surface area contributed by atoms with Crippen molar-refractivity contribution in [2.24, 2.45) is 0 Å². The van der Waals surface area contributed by atoms with E-state index in [1.54, 1.807) is 0 Å². The molecule has 4 N–H and O–H groups in total. The Morgan fingerprint density at radius 2 is 1.45 bits per heavy atom. The molecule has 3 aliphatic rings. The highest BCUT2D eigenvalue weighted by Gasteiger charge is 2.31. The fourth-order valence-corrected chi connectivity index (χ4v) is 10.5. The van der Waals surface area contributed by atoms with Gasteiger partial charge in [-0.3, -0.25) is 4.55 Å². The van der Waals surface area contributed by atoms with E-state index in [1.165, 1.54) is 6.07 Å². The first kappa shape index (κ1) is 45.9. The van der Waals surface area contributed by atoms with Gasteiger partial charge >= 0.3 is 12.1 Å². The molecule has 64 heavy (non-hydrogen) atoms. The number of nitrogens with zero attached hydrogens (tertiary/aromatic N) is 2. The molecular weight excluding hydrogens is 857 g/mol. The van der Waals surface area contributed by atoms with E-state index in [0.29, 0.717) is 27.9 Å². The van der Waals surface area contributed by atoms with Gasteiger partial charge in [0, 0.05) is 65.4 Å². The molecule has 1 unspecified atom stereocenters. The summed E-state index contributed by atoms with van der Waals surface area (Å²) >= 11 is 0. The minimum atomic E-state index is -4.83. The molecule has 1 amide bonds. The summed E-state index contributed by atoms with van der Waals surface area (Å²) in [6.07, 6.45) is -0.550. The molecule has 1 aliphatic heterocycles. The number of unbranched alkanes of at least 4 members (excludes halogenated alkanes) is 1. The third-order valence-corrected chi connectivity index (χ3v) is 14.3. The Labute approximate surface area is 373 Å². The number of hydrogen-bond donors (Lipinski definition) is 4. The van der Waals surface area contributed by atoms with Crippen molar-refractivity contribution in [3.8, 4) is 33.6 Å². The van der Waals surface area contributed by atoms with E-state index in [2.05, 4.69) is 19.5 Å². The lowest BCUT2D eigenvalue weighted by Crippen LogP contribution is -2.41. The van der Waals surface area contributed by atoms with E-state index in [-0.39, 0.29) is 43.9 Å². The summed E-state index contributed by atoms with van der Waals surface area (Å²) in [6, 6.07) is 29.3. The smallest absolute Gasteiger partial charge is 0.407 e. The van der Waals surface area contributed by atoms with Crippen molar-refractivity contribution < 1.29 is 45.2 Å². The van der Waals surface area contributed by atoms with Crippen LogP contribution in [-0.2, 0) is 29.7 Å². The molecule has 4 aromatic rings. The fourth-order valence-electron chi connectivity index (χ4n) is 8.62. The number of amides is 1. The van der Waals surface area contributed by atoms with Crippen molar-refractivity contribution in [3.63, 3.8) is 0 Å². The number of rotatable bonds is 18. The molecule has 0 radical (unpaired) electrons. The molecule has 1 atom stereocenters. The quantitative estimate of drug-likeness (QED) is 0.0288. The molecule has 0 aromatic heterocycles. The summed E-state index contributed by atoms with van der Waals surface area (Å²) in [5.41, 5.74) is 6.77. The number of carbonyl (C=O) groups is 2. The molecule has 0 saturated carbocycles. The predicted octanol–water partition coefficient (Wildman–Crippen LogP) is 7.55. The molecule has 16 heteroatoms. The van der Waals surface area contributed by atoms with Crippen LogP contribution in [0.4, 0.5) is 10.5 Å². The Bertz CT molecular complexity index is 2930. The second kappa shape index (κ2) is 19.4.